The van der Waals surface area contributed by atoms with Gasteiger partial charge >= 0.3 is 0 Å². The van der Waals surface area contributed by atoms with Gasteiger partial charge in [-0.25, -0.2) is 0 Å². The normalized spacial score (nSPS) is 14.8. The summed E-state index contributed by atoms with van der Waals surface area (Å²) in [6.07, 6.45) is 2.38. The van der Waals surface area contributed by atoms with Crippen LogP contribution in [0.2, 0.25) is 0 Å². The average Bonchev–Trinajstić information content (AvgIpc) is 3.28. The lowest BCUT2D eigenvalue weighted by molar-refractivity contribution is -0.119. The number of anilines is 1. The number of hydrogen-bond acceptors (Lipinski definition) is 7. The maximum absolute atomic E-state index is 12.3. The lowest BCUT2D eigenvalue weighted by atomic mass is 10.0. The molecule has 1 heterocycles. The number of carbonyl (C=O) groups is 2. The molecule has 1 amide bonds. The van der Waals surface area contributed by atoms with E-state index >= 15 is 0 Å². The summed E-state index contributed by atoms with van der Waals surface area (Å²) in [5.41, 5.74) is 1.63. The molecule has 8 heteroatoms. The predicted molar refractivity (Wildman–Crippen MR) is 100 cm³/mol. The number of hydrogen-bond donors (Lipinski definition) is 2. The smallest absolute Gasteiger partial charge is 0.217 e. The number of ketones is 1. The summed E-state index contributed by atoms with van der Waals surface area (Å²) in [5.74, 6) is 0.311. The van der Waals surface area contributed by atoms with Crippen molar-refractivity contribution in [2.45, 2.75) is 43.1 Å². The summed E-state index contributed by atoms with van der Waals surface area (Å²) in [6.45, 7) is 3.40. The first-order chi connectivity index (χ1) is 12.0. The molecule has 6 nitrogen and oxygen atoms in total. The summed E-state index contributed by atoms with van der Waals surface area (Å²) >= 11 is 2.90. The molecule has 1 fully saturated rings. The third-order valence-electron chi connectivity index (χ3n) is 3.79. The Balaban J connectivity index is 1.52. The van der Waals surface area contributed by atoms with Crippen molar-refractivity contribution in [1.82, 2.24) is 15.5 Å². The first-order valence-corrected chi connectivity index (χ1v) is 9.94. The number of nitrogens with one attached hydrogen (secondary N) is 2. The molecule has 1 aromatic carbocycles. The highest BCUT2D eigenvalue weighted by atomic mass is 32.2. The highest BCUT2D eigenvalue weighted by Gasteiger charge is 2.22. The van der Waals surface area contributed by atoms with Crippen LogP contribution in [0.4, 0.5) is 5.13 Å². The molecule has 1 atom stereocenters. The molecule has 2 N–H and O–H groups in total. The van der Waals surface area contributed by atoms with E-state index in [1.807, 2.05) is 19.1 Å². The molecule has 0 radical (unpaired) electrons. The van der Waals surface area contributed by atoms with E-state index in [1.165, 1.54) is 42.9 Å². The second kappa shape index (κ2) is 7.97. The molecule has 0 saturated heterocycles. The number of amides is 1. The van der Waals surface area contributed by atoms with Gasteiger partial charge in [-0.2, -0.15) is 0 Å². The number of carbonyl (C=O) groups excluding carboxylic acids is 2. The fraction of sp³-hybridized carbons (Fsp3) is 0.412. The molecule has 2 aromatic rings. The fourth-order valence-electron chi connectivity index (χ4n) is 2.29. The third kappa shape index (κ3) is 5.27. The molecular weight excluding hydrogens is 356 g/mol. The maximum atomic E-state index is 12.3. The Hall–Kier alpha value is -1.93. The molecule has 132 valence electrons. The van der Waals surface area contributed by atoms with Gasteiger partial charge in [0.15, 0.2) is 10.1 Å². The van der Waals surface area contributed by atoms with Crippen LogP contribution in [0.3, 0.4) is 0 Å². The molecule has 3 rings (SSSR count). The number of benzene rings is 1. The van der Waals surface area contributed by atoms with Gasteiger partial charge in [0.2, 0.25) is 11.0 Å². The number of nitrogens with zero attached hydrogens (tertiary/aromatic N) is 2. The van der Waals surface area contributed by atoms with Gasteiger partial charge in [0.1, 0.15) is 0 Å². The van der Waals surface area contributed by atoms with E-state index in [0.29, 0.717) is 17.4 Å². The molecule has 25 heavy (non-hydrogen) atoms. The van der Waals surface area contributed by atoms with Gasteiger partial charge in [0.05, 0.1) is 11.8 Å². The van der Waals surface area contributed by atoms with Crippen molar-refractivity contribution in [3.8, 4) is 0 Å². The molecule has 0 spiro atoms. The minimum atomic E-state index is -0.0743. The van der Waals surface area contributed by atoms with E-state index in [0.717, 1.165) is 15.0 Å². The van der Waals surface area contributed by atoms with Crippen LogP contribution in [0.25, 0.3) is 0 Å². The van der Waals surface area contributed by atoms with Crippen molar-refractivity contribution in [3.05, 3.63) is 35.4 Å². The van der Waals surface area contributed by atoms with Crippen molar-refractivity contribution in [3.63, 3.8) is 0 Å². The van der Waals surface area contributed by atoms with E-state index < -0.39 is 0 Å². The largest absolute Gasteiger partial charge is 0.357 e. The van der Waals surface area contributed by atoms with Gasteiger partial charge in [-0.05, 0) is 25.3 Å². The molecule has 1 saturated carbocycles. The predicted octanol–water partition coefficient (Wildman–Crippen LogP) is 3.28. The van der Waals surface area contributed by atoms with Gasteiger partial charge in [-0.1, -0.05) is 47.4 Å². The van der Waals surface area contributed by atoms with E-state index in [9.17, 15) is 9.59 Å². The van der Waals surface area contributed by atoms with Crippen LogP contribution < -0.4 is 10.6 Å². The van der Waals surface area contributed by atoms with Crippen molar-refractivity contribution in [1.29, 1.82) is 0 Å². The van der Waals surface area contributed by atoms with Crippen LogP contribution in [0, 0.1) is 0 Å². The number of rotatable bonds is 8. The van der Waals surface area contributed by atoms with Crippen LogP contribution in [0.5, 0.6) is 0 Å². The Morgan fingerprint density at radius 1 is 1.28 bits per heavy atom. The summed E-state index contributed by atoms with van der Waals surface area (Å²) in [4.78, 5) is 23.4. The van der Waals surface area contributed by atoms with E-state index in [1.54, 1.807) is 12.1 Å². The van der Waals surface area contributed by atoms with Gasteiger partial charge in [-0.15, -0.1) is 10.2 Å². The number of Topliss-reactive ketones (excluding diaryl/α,β-unsaturated/α-hetero) is 1. The van der Waals surface area contributed by atoms with Crippen molar-refractivity contribution >= 4 is 39.9 Å². The quantitative estimate of drug-likeness (QED) is 0.543. The highest BCUT2D eigenvalue weighted by molar-refractivity contribution is 8.01. The first-order valence-electron chi connectivity index (χ1n) is 8.14. The lowest BCUT2D eigenvalue weighted by Crippen LogP contribution is -2.23. The van der Waals surface area contributed by atoms with Crippen LogP contribution >= 0.6 is 23.1 Å². The van der Waals surface area contributed by atoms with Crippen molar-refractivity contribution < 1.29 is 9.59 Å². The monoisotopic (exact) mass is 376 g/mol. The fourth-order valence-corrected chi connectivity index (χ4v) is 4.01. The van der Waals surface area contributed by atoms with Gasteiger partial charge in [0.25, 0.3) is 0 Å². The first kappa shape index (κ1) is 17.9. The zero-order chi connectivity index (χ0) is 17.8. The van der Waals surface area contributed by atoms with E-state index in [2.05, 4.69) is 20.8 Å². The summed E-state index contributed by atoms with van der Waals surface area (Å²) in [5, 5.41) is 15.2. The van der Waals surface area contributed by atoms with E-state index in [-0.39, 0.29) is 17.7 Å². The Morgan fingerprint density at radius 3 is 2.64 bits per heavy atom. The summed E-state index contributed by atoms with van der Waals surface area (Å²) in [6, 6.07) is 7.83. The van der Waals surface area contributed by atoms with Crippen LogP contribution in [0.15, 0.2) is 28.6 Å². The second-order valence-corrected chi connectivity index (χ2v) is 8.25. The molecule has 1 aliphatic carbocycles. The Kier molecular flexibility index (Phi) is 5.70. The standard InChI is InChI=1S/C17H20N4O2S2/c1-10(18-11(2)22)12-3-5-13(6-4-12)15(23)9-24-17-21-20-16(25-17)19-14-7-8-14/h3-6,10,14H,7-9H2,1-2H3,(H,18,22)(H,19,20)/t10-/m1/s1. The van der Waals surface area contributed by atoms with Crippen LogP contribution in [-0.4, -0.2) is 33.7 Å². The average molecular weight is 377 g/mol. The molecule has 0 aliphatic heterocycles. The van der Waals surface area contributed by atoms with E-state index in [4.69, 9.17) is 0 Å². The van der Waals surface area contributed by atoms with Crippen molar-refractivity contribution in [2.75, 3.05) is 11.1 Å². The van der Waals surface area contributed by atoms with Gasteiger partial charge in [-0.3, -0.25) is 9.59 Å². The summed E-state index contributed by atoms with van der Waals surface area (Å²) < 4.78 is 0.799. The molecule has 0 bridgehead atoms. The van der Waals surface area contributed by atoms with Gasteiger partial charge < -0.3 is 10.6 Å². The number of thioether (sulfide) groups is 1. The zero-order valence-corrected chi connectivity index (χ0v) is 15.7. The van der Waals surface area contributed by atoms with Crippen molar-refractivity contribution in [2.24, 2.45) is 0 Å². The minimum Gasteiger partial charge on any atom is -0.357 e. The Labute approximate surface area is 154 Å². The van der Waals surface area contributed by atoms with Crippen LogP contribution in [-0.2, 0) is 4.79 Å². The molecule has 1 aliphatic rings. The minimum absolute atomic E-state index is 0.0515. The van der Waals surface area contributed by atoms with Gasteiger partial charge in [0, 0.05) is 18.5 Å². The summed E-state index contributed by atoms with van der Waals surface area (Å²) in [7, 11) is 0. The Bertz CT molecular complexity index is 756. The zero-order valence-electron chi connectivity index (χ0n) is 14.1. The highest BCUT2D eigenvalue weighted by Crippen LogP contribution is 2.30. The molecular formula is C17H20N4O2S2. The molecule has 0 unspecified atom stereocenters. The maximum Gasteiger partial charge on any atom is 0.217 e. The Morgan fingerprint density at radius 2 is 2.00 bits per heavy atom. The SMILES string of the molecule is CC(=O)N[C@H](C)c1ccc(C(=O)CSc2nnc(NC3CC3)s2)cc1. The lowest BCUT2D eigenvalue weighted by Gasteiger charge is -2.13. The molecule has 1 aromatic heterocycles. The third-order valence-corrected chi connectivity index (χ3v) is 5.78. The number of aromatic nitrogens is 2. The second-order valence-electron chi connectivity index (χ2n) is 6.05. The van der Waals surface area contributed by atoms with Crippen LogP contribution in [0.1, 0.15) is 48.7 Å². The topological polar surface area (TPSA) is 84.0 Å².